The van der Waals surface area contributed by atoms with Gasteiger partial charge in [0, 0.05) is 17.6 Å². The molecule has 1 heterocycles. The summed E-state index contributed by atoms with van der Waals surface area (Å²) < 4.78 is 0. The summed E-state index contributed by atoms with van der Waals surface area (Å²) in [6.07, 6.45) is 2.54. The van der Waals surface area contributed by atoms with Crippen molar-refractivity contribution in [2.45, 2.75) is 26.3 Å². The predicted octanol–water partition coefficient (Wildman–Crippen LogP) is 2.29. The van der Waals surface area contributed by atoms with Crippen LogP contribution >= 0.6 is 15.9 Å². The Kier molecular flexibility index (Phi) is 4.75. The number of carbonyl (C=O) groups is 1. The Morgan fingerprint density at radius 1 is 1.67 bits per heavy atom. The van der Waals surface area contributed by atoms with Crippen LogP contribution < -0.4 is 5.32 Å². The SMILES string of the molecule is CCC(CBr)NC(=O)c1ncccc1C. The molecule has 0 saturated carbocycles. The highest BCUT2D eigenvalue weighted by Gasteiger charge is 2.13. The van der Waals surface area contributed by atoms with Crippen LogP contribution in [0.15, 0.2) is 18.3 Å². The van der Waals surface area contributed by atoms with E-state index in [0.717, 1.165) is 17.3 Å². The Bertz CT molecular complexity index is 337. The number of nitrogens with one attached hydrogen (secondary N) is 1. The maximum absolute atomic E-state index is 11.8. The first-order valence-electron chi connectivity index (χ1n) is 4.97. The molecule has 1 aromatic heterocycles. The lowest BCUT2D eigenvalue weighted by Gasteiger charge is -2.14. The molecule has 15 heavy (non-hydrogen) atoms. The number of hydrogen-bond donors (Lipinski definition) is 1. The molecular weight excluding hydrogens is 256 g/mol. The lowest BCUT2D eigenvalue weighted by Crippen LogP contribution is -2.36. The number of carbonyl (C=O) groups excluding carboxylic acids is 1. The van der Waals surface area contributed by atoms with Gasteiger partial charge in [0.1, 0.15) is 5.69 Å². The normalized spacial score (nSPS) is 12.2. The van der Waals surface area contributed by atoms with Gasteiger partial charge in [0.15, 0.2) is 0 Å². The molecule has 0 aliphatic carbocycles. The van der Waals surface area contributed by atoms with E-state index in [1.165, 1.54) is 0 Å². The predicted molar refractivity (Wildman–Crippen MR) is 64.3 cm³/mol. The molecule has 4 heteroatoms. The van der Waals surface area contributed by atoms with E-state index in [1.807, 2.05) is 26.0 Å². The summed E-state index contributed by atoms with van der Waals surface area (Å²) in [6.45, 7) is 3.93. The van der Waals surface area contributed by atoms with E-state index < -0.39 is 0 Å². The number of aromatic nitrogens is 1. The minimum Gasteiger partial charge on any atom is -0.347 e. The summed E-state index contributed by atoms with van der Waals surface area (Å²) in [5.74, 6) is -0.0978. The summed E-state index contributed by atoms with van der Waals surface area (Å²) in [5, 5.41) is 3.69. The molecule has 0 aliphatic rings. The summed E-state index contributed by atoms with van der Waals surface area (Å²) in [4.78, 5) is 15.9. The van der Waals surface area contributed by atoms with Crippen molar-refractivity contribution >= 4 is 21.8 Å². The molecule has 1 N–H and O–H groups in total. The first kappa shape index (κ1) is 12.2. The third-order valence-corrected chi connectivity index (χ3v) is 3.02. The second-order valence-electron chi connectivity index (χ2n) is 3.40. The number of halogens is 1. The van der Waals surface area contributed by atoms with Crippen molar-refractivity contribution in [3.8, 4) is 0 Å². The number of amides is 1. The fourth-order valence-corrected chi connectivity index (χ4v) is 1.85. The van der Waals surface area contributed by atoms with Crippen molar-refractivity contribution in [1.82, 2.24) is 10.3 Å². The van der Waals surface area contributed by atoms with Crippen LogP contribution in [0.3, 0.4) is 0 Å². The summed E-state index contributed by atoms with van der Waals surface area (Å²) in [6, 6.07) is 3.88. The molecule has 0 aliphatic heterocycles. The van der Waals surface area contributed by atoms with Crippen molar-refractivity contribution in [2.75, 3.05) is 5.33 Å². The minimum atomic E-state index is -0.0978. The van der Waals surface area contributed by atoms with Crippen LogP contribution in [-0.4, -0.2) is 22.3 Å². The van der Waals surface area contributed by atoms with Crippen molar-refractivity contribution in [2.24, 2.45) is 0 Å². The largest absolute Gasteiger partial charge is 0.347 e. The van der Waals surface area contributed by atoms with Crippen LogP contribution in [0.2, 0.25) is 0 Å². The first-order valence-corrected chi connectivity index (χ1v) is 6.09. The van der Waals surface area contributed by atoms with Gasteiger partial charge in [-0.3, -0.25) is 9.78 Å². The monoisotopic (exact) mass is 270 g/mol. The number of hydrogen-bond acceptors (Lipinski definition) is 2. The third kappa shape index (κ3) is 3.30. The van der Waals surface area contributed by atoms with Gasteiger partial charge in [-0.2, -0.15) is 0 Å². The lowest BCUT2D eigenvalue weighted by atomic mass is 10.2. The maximum Gasteiger partial charge on any atom is 0.270 e. The number of rotatable bonds is 4. The van der Waals surface area contributed by atoms with Crippen LogP contribution in [0, 0.1) is 6.92 Å². The number of alkyl halides is 1. The number of pyridine rings is 1. The van der Waals surface area contributed by atoms with Gasteiger partial charge in [-0.25, -0.2) is 0 Å². The Morgan fingerprint density at radius 2 is 2.40 bits per heavy atom. The quantitative estimate of drug-likeness (QED) is 0.854. The van der Waals surface area contributed by atoms with Gasteiger partial charge in [0.05, 0.1) is 0 Å². The third-order valence-electron chi connectivity index (χ3n) is 2.24. The van der Waals surface area contributed by atoms with Gasteiger partial charge < -0.3 is 5.32 Å². The number of nitrogens with zero attached hydrogens (tertiary/aromatic N) is 1. The van der Waals surface area contributed by atoms with Crippen LogP contribution in [0.5, 0.6) is 0 Å². The lowest BCUT2D eigenvalue weighted by molar-refractivity contribution is 0.0934. The van der Waals surface area contributed by atoms with Gasteiger partial charge in [0.2, 0.25) is 0 Å². The van der Waals surface area contributed by atoms with Crippen LogP contribution in [-0.2, 0) is 0 Å². The molecule has 0 saturated heterocycles. The standard InChI is InChI=1S/C11H15BrN2O/c1-3-9(7-12)14-11(15)10-8(2)5-4-6-13-10/h4-6,9H,3,7H2,1-2H3,(H,14,15). The molecule has 1 atom stereocenters. The van der Waals surface area contributed by atoms with Crippen molar-refractivity contribution < 1.29 is 4.79 Å². The van der Waals surface area contributed by atoms with E-state index >= 15 is 0 Å². The molecule has 82 valence electrons. The molecule has 1 rings (SSSR count). The topological polar surface area (TPSA) is 42.0 Å². The molecule has 0 spiro atoms. The van der Waals surface area contributed by atoms with E-state index in [9.17, 15) is 4.79 Å². The van der Waals surface area contributed by atoms with Crippen LogP contribution in [0.4, 0.5) is 0 Å². The highest BCUT2D eigenvalue weighted by atomic mass is 79.9. The summed E-state index contributed by atoms with van der Waals surface area (Å²) in [5.41, 5.74) is 1.41. The van der Waals surface area contributed by atoms with Crippen LogP contribution in [0.1, 0.15) is 29.4 Å². The Labute approximate surface area is 98.4 Å². The molecule has 1 unspecified atom stereocenters. The van der Waals surface area contributed by atoms with Gasteiger partial charge in [-0.1, -0.05) is 28.9 Å². The molecule has 0 aromatic carbocycles. The zero-order chi connectivity index (χ0) is 11.3. The first-order chi connectivity index (χ1) is 7.19. The van der Waals surface area contributed by atoms with Gasteiger partial charge in [-0.15, -0.1) is 0 Å². The average molecular weight is 271 g/mol. The molecule has 1 aromatic rings. The molecule has 0 fully saturated rings. The highest BCUT2D eigenvalue weighted by molar-refractivity contribution is 9.09. The van der Waals surface area contributed by atoms with Gasteiger partial charge in [-0.05, 0) is 25.0 Å². The molecule has 3 nitrogen and oxygen atoms in total. The van der Waals surface area contributed by atoms with Gasteiger partial charge in [0.25, 0.3) is 5.91 Å². The summed E-state index contributed by atoms with van der Waals surface area (Å²) in [7, 11) is 0. The van der Waals surface area contributed by atoms with Crippen molar-refractivity contribution in [3.63, 3.8) is 0 Å². The molecule has 1 amide bonds. The second-order valence-corrected chi connectivity index (χ2v) is 4.05. The van der Waals surface area contributed by atoms with Crippen molar-refractivity contribution in [1.29, 1.82) is 0 Å². The maximum atomic E-state index is 11.8. The smallest absolute Gasteiger partial charge is 0.270 e. The summed E-state index contributed by atoms with van der Waals surface area (Å²) >= 11 is 3.36. The van der Waals surface area contributed by atoms with Crippen LogP contribution in [0.25, 0.3) is 0 Å². The Hall–Kier alpha value is -0.900. The van der Waals surface area contributed by atoms with E-state index in [2.05, 4.69) is 26.2 Å². The Morgan fingerprint density at radius 3 is 2.93 bits per heavy atom. The Balaban J connectivity index is 2.73. The molecule has 0 bridgehead atoms. The fraction of sp³-hybridized carbons (Fsp3) is 0.455. The zero-order valence-electron chi connectivity index (χ0n) is 8.96. The van der Waals surface area contributed by atoms with E-state index in [1.54, 1.807) is 6.20 Å². The number of aryl methyl sites for hydroxylation is 1. The fourth-order valence-electron chi connectivity index (χ4n) is 1.23. The van der Waals surface area contributed by atoms with Crippen molar-refractivity contribution in [3.05, 3.63) is 29.6 Å². The van der Waals surface area contributed by atoms with E-state index in [4.69, 9.17) is 0 Å². The van der Waals surface area contributed by atoms with E-state index in [0.29, 0.717) is 5.69 Å². The molecular formula is C11H15BrN2O. The minimum absolute atomic E-state index is 0.0978. The van der Waals surface area contributed by atoms with E-state index in [-0.39, 0.29) is 11.9 Å². The average Bonchev–Trinajstić information content (AvgIpc) is 2.26. The highest BCUT2D eigenvalue weighted by Crippen LogP contribution is 2.04. The zero-order valence-corrected chi connectivity index (χ0v) is 10.5. The second kappa shape index (κ2) is 5.85. The molecule has 0 radical (unpaired) electrons. The van der Waals surface area contributed by atoms with Gasteiger partial charge >= 0.3 is 0 Å².